The molecule has 0 amide bonds. The Bertz CT molecular complexity index is 299. The van der Waals surface area contributed by atoms with Gasteiger partial charge in [-0.2, -0.15) is 0 Å². The summed E-state index contributed by atoms with van der Waals surface area (Å²) in [6.07, 6.45) is 3.11. The second kappa shape index (κ2) is 7.39. The topological polar surface area (TPSA) is 12.0 Å². The highest BCUT2D eigenvalue weighted by Crippen LogP contribution is 2.14. The first kappa shape index (κ1) is 13.2. The number of nitrogens with one attached hydrogen (secondary N) is 1. The van der Waals surface area contributed by atoms with Crippen LogP contribution in [0, 0.1) is 11.7 Å². The lowest BCUT2D eigenvalue weighted by atomic mass is 9.98. The first-order chi connectivity index (χ1) is 7.74. The highest BCUT2D eigenvalue weighted by molar-refractivity contribution is 5.17. The van der Waals surface area contributed by atoms with Crippen LogP contribution in [0.3, 0.4) is 0 Å². The average Bonchev–Trinajstić information content (AvgIpc) is 2.28. The summed E-state index contributed by atoms with van der Waals surface area (Å²) < 4.78 is 13.4. The van der Waals surface area contributed by atoms with Gasteiger partial charge in [-0.1, -0.05) is 32.0 Å². The molecule has 16 heavy (non-hydrogen) atoms. The van der Waals surface area contributed by atoms with Crippen LogP contribution < -0.4 is 5.32 Å². The van der Waals surface area contributed by atoms with Crippen LogP contribution in [0.1, 0.15) is 32.3 Å². The molecule has 1 nitrogen and oxygen atoms in total. The van der Waals surface area contributed by atoms with Crippen molar-refractivity contribution in [3.05, 3.63) is 35.6 Å². The molecule has 1 atom stereocenters. The third-order valence-corrected chi connectivity index (χ3v) is 2.77. The SMILES string of the molecule is CCCNCCC(C)Cc1ccccc1F. The second-order valence-electron chi connectivity index (χ2n) is 4.44. The van der Waals surface area contributed by atoms with Crippen molar-refractivity contribution in [3.63, 3.8) is 0 Å². The maximum absolute atomic E-state index is 13.4. The van der Waals surface area contributed by atoms with E-state index in [1.807, 2.05) is 12.1 Å². The highest BCUT2D eigenvalue weighted by Gasteiger charge is 2.06. The van der Waals surface area contributed by atoms with E-state index in [9.17, 15) is 4.39 Å². The van der Waals surface area contributed by atoms with E-state index in [0.717, 1.165) is 31.5 Å². The lowest BCUT2D eigenvalue weighted by molar-refractivity contribution is 0.486. The molecule has 1 rings (SSSR count). The maximum Gasteiger partial charge on any atom is 0.126 e. The van der Waals surface area contributed by atoms with Gasteiger partial charge in [0.05, 0.1) is 0 Å². The average molecular weight is 223 g/mol. The van der Waals surface area contributed by atoms with Crippen molar-refractivity contribution in [3.8, 4) is 0 Å². The molecule has 1 aromatic carbocycles. The van der Waals surface area contributed by atoms with E-state index < -0.39 is 0 Å². The Morgan fingerprint density at radius 3 is 2.69 bits per heavy atom. The Hall–Kier alpha value is -0.890. The molecule has 1 aromatic rings. The van der Waals surface area contributed by atoms with Gasteiger partial charge in [0.15, 0.2) is 0 Å². The molecule has 1 N–H and O–H groups in total. The summed E-state index contributed by atoms with van der Waals surface area (Å²) in [5.74, 6) is 0.456. The molecule has 1 unspecified atom stereocenters. The summed E-state index contributed by atoms with van der Waals surface area (Å²) in [5, 5.41) is 3.37. The minimum atomic E-state index is -0.0733. The maximum atomic E-state index is 13.4. The van der Waals surface area contributed by atoms with Gasteiger partial charge in [-0.05, 0) is 49.9 Å². The number of hydrogen-bond donors (Lipinski definition) is 1. The van der Waals surface area contributed by atoms with Gasteiger partial charge in [-0.25, -0.2) is 4.39 Å². The number of benzene rings is 1. The van der Waals surface area contributed by atoms with Gasteiger partial charge in [-0.15, -0.1) is 0 Å². The van der Waals surface area contributed by atoms with E-state index in [-0.39, 0.29) is 5.82 Å². The normalized spacial score (nSPS) is 12.7. The van der Waals surface area contributed by atoms with Gasteiger partial charge < -0.3 is 5.32 Å². The van der Waals surface area contributed by atoms with Crippen molar-refractivity contribution in [1.82, 2.24) is 5.32 Å². The van der Waals surface area contributed by atoms with E-state index in [1.165, 1.54) is 12.5 Å². The third kappa shape index (κ3) is 4.75. The molecule has 0 aliphatic rings. The zero-order valence-electron chi connectivity index (χ0n) is 10.3. The molecular weight excluding hydrogens is 201 g/mol. The molecule has 0 aromatic heterocycles. The fourth-order valence-corrected chi connectivity index (χ4v) is 1.79. The lowest BCUT2D eigenvalue weighted by Gasteiger charge is -2.12. The summed E-state index contributed by atoms with van der Waals surface area (Å²) in [5.41, 5.74) is 0.838. The van der Waals surface area contributed by atoms with Crippen molar-refractivity contribution in [1.29, 1.82) is 0 Å². The van der Waals surface area contributed by atoms with Crippen molar-refractivity contribution < 1.29 is 4.39 Å². The quantitative estimate of drug-likeness (QED) is 0.699. The van der Waals surface area contributed by atoms with Gasteiger partial charge in [-0.3, -0.25) is 0 Å². The Labute approximate surface area is 98.1 Å². The second-order valence-corrected chi connectivity index (χ2v) is 4.44. The molecule has 0 heterocycles. The molecule has 0 radical (unpaired) electrons. The molecule has 0 saturated carbocycles. The monoisotopic (exact) mass is 223 g/mol. The Kier molecular flexibility index (Phi) is 6.09. The van der Waals surface area contributed by atoms with Crippen molar-refractivity contribution >= 4 is 0 Å². The standard InChI is InChI=1S/C14H22FN/c1-3-9-16-10-8-12(2)11-13-6-4-5-7-14(13)15/h4-7,12,16H,3,8-11H2,1-2H3. The van der Waals surface area contributed by atoms with Gasteiger partial charge >= 0.3 is 0 Å². The summed E-state index contributed by atoms with van der Waals surface area (Å²) in [4.78, 5) is 0. The van der Waals surface area contributed by atoms with E-state index in [1.54, 1.807) is 6.07 Å². The molecule has 0 aliphatic heterocycles. The van der Waals surface area contributed by atoms with Crippen molar-refractivity contribution in [2.75, 3.05) is 13.1 Å². The molecular formula is C14H22FN. The van der Waals surface area contributed by atoms with Crippen molar-refractivity contribution in [2.24, 2.45) is 5.92 Å². The summed E-state index contributed by atoms with van der Waals surface area (Å²) in [7, 11) is 0. The van der Waals surface area contributed by atoms with Crippen LogP contribution in [-0.4, -0.2) is 13.1 Å². The van der Waals surface area contributed by atoms with Gasteiger partial charge in [0.1, 0.15) is 5.82 Å². The summed E-state index contributed by atoms with van der Waals surface area (Å²) in [6.45, 7) is 6.45. The Morgan fingerprint density at radius 1 is 1.25 bits per heavy atom. The minimum Gasteiger partial charge on any atom is -0.317 e. The zero-order chi connectivity index (χ0) is 11.8. The van der Waals surface area contributed by atoms with Gasteiger partial charge in [0.25, 0.3) is 0 Å². The first-order valence-corrected chi connectivity index (χ1v) is 6.18. The molecule has 0 saturated heterocycles. The van der Waals surface area contributed by atoms with Crippen molar-refractivity contribution in [2.45, 2.75) is 33.1 Å². The number of rotatable bonds is 7. The minimum absolute atomic E-state index is 0.0733. The molecule has 90 valence electrons. The molecule has 0 spiro atoms. The van der Waals surface area contributed by atoms with Crippen LogP contribution in [0.15, 0.2) is 24.3 Å². The van der Waals surface area contributed by atoms with Crippen LogP contribution in [-0.2, 0) is 6.42 Å². The molecule has 0 aliphatic carbocycles. The van der Waals surface area contributed by atoms with E-state index in [4.69, 9.17) is 0 Å². The zero-order valence-corrected chi connectivity index (χ0v) is 10.3. The summed E-state index contributed by atoms with van der Waals surface area (Å²) in [6, 6.07) is 7.06. The van der Waals surface area contributed by atoms with E-state index in [0.29, 0.717) is 5.92 Å². The number of halogens is 1. The lowest BCUT2D eigenvalue weighted by Crippen LogP contribution is -2.18. The van der Waals surface area contributed by atoms with Crippen LogP contribution in [0.2, 0.25) is 0 Å². The Balaban J connectivity index is 2.28. The third-order valence-electron chi connectivity index (χ3n) is 2.77. The van der Waals surface area contributed by atoms with Gasteiger partial charge in [0, 0.05) is 0 Å². The van der Waals surface area contributed by atoms with E-state index in [2.05, 4.69) is 19.2 Å². The van der Waals surface area contributed by atoms with Gasteiger partial charge in [0.2, 0.25) is 0 Å². The largest absolute Gasteiger partial charge is 0.317 e. The predicted molar refractivity (Wildman–Crippen MR) is 67.0 cm³/mol. The van der Waals surface area contributed by atoms with Crippen LogP contribution in [0.5, 0.6) is 0 Å². The van der Waals surface area contributed by atoms with E-state index >= 15 is 0 Å². The predicted octanol–water partition coefficient (Wildman–Crippen LogP) is 3.39. The number of hydrogen-bond acceptors (Lipinski definition) is 1. The fourth-order valence-electron chi connectivity index (χ4n) is 1.79. The Morgan fingerprint density at radius 2 is 2.00 bits per heavy atom. The summed E-state index contributed by atoms with van der Waals surface area (Å²) >= 11 is 0. The fraction of sp³-hybridized carbons (Fsp3) is 0.571. The van der Waals surface area contributed by atoms with Crippen LogP contribution >= 0.6 is 0 Å². The smallest absolute Gasteiger partial charge is 0.126 e. The first-order valence-electron chi connectivity index (χ1n) is 6.18. The van der Waals surface area contributed by atoms with Crippen LogP contribution in [0.25, 0.3) is 0 Å². The molecule has 2 heteroatoms. The van der Waals surface area contributed by atoms with Crippen LogP contribution in [0.4, 0.5) is 4.39 Å². The molecule has 0 bridgehead atoms. The molecule has 0 fully saturated rings. The highest BCUT2D eigenvalue weighted by atomic mass is 19.1.